The molecule has 0 bridgehead atoms. The molecule has 0 unspecified atom stereocenters. The Morgan fingerprint density at radius 3 is 1.57 bits per heavy atom. The zero-order valence-electron chi connectivity index (χ0n) is 31.6. The first-order chi connectivity index (χ1) is 28.8. The fraction of sp³-hybridized carbons (Fsp3) is 0.0182. The fourth-order valence-electron chi connectivity index (χ4n) is 9.83. The molecular formula is C55H36N2S. The van der Waals surface area contributed by atoms with Gasteiger partial charge in [0, 0.05) is 53.7 Å². The van der Waals surface area contributed by atoms with E-state index < -0.39 is 5.41 Å². The minimum atomic E-state index is -0.476. The highest BCUT2D eigenvalue weighted by Crippen LogP contribution is 2.57. The molecule has 0 aliphatic heterocycles. The van der Waals surface area contributed by atoms with Crippen molar-refractivity contribution in [2.24, 2.45) is 0 Å². The first kappa shape index (κ1) is 33.0. The van der Waals surface area contributed by atoms with E-state index in [1.54, 1.807) is 0 Å². The fourth-order valence-corrected chi connectivity index (χ4v) is 11.0. The number of rotatable bonds is 6. The van der Waals surface area contributed by atoms with Crippen molar-refractivity contribution in [3.8, 4) is 16.8 Å². The van der Waals surface area contributed by atoms with Crippen molar-refractivity contribution in [2.45, 2.75) is 5.41 Å². The summed E-state index contributed by atoms with van der Waals surface area (Å²) in [5.74, 6) is 0. The van der Waals surface area contributed by atoms with E-state index in [4.69, 9.17) is 0 Å². The second-order valence-electron chi connectivity index (χ2n) is 15.3. The third kappa shape index (κ3) is 4.78. The average molecular weight is 757 g/mol. The summed E-state index contributed by atoms with van der Waals surface area (Å²) in [6, 6.07) is 80.4. The van der Waals surface area contributed by atoms with Crippen molar-refractivity contribution < 1.29 is 0 Å². The van der Waals surface area contributed by atoms with Crippen molar-refractivity contribution in [3.05, 3.63) is 241 Å². The third-order valence-electron chi connectivity index (χ3n) is 12.3. The predicted octanol–water partition coefficient (Wildman–Crippen LogP) is 15.0. The van der Waals surface area contributed by atoms with Gasteiger partial charge in [-0.25, -0.2) is 0 Å². The van der Waals surface area contributed by atoms with Crippen LogP contribution in [0.4, 0.5) is 17.1 Å². The number of fused-ring (bicyclic) bond motifs is 9. The highest BCUT2D eigenvalue weighted by Gasteiger charge is 2.46. The zero-order chi connectivity index (χ0) is 38.2. The van der Waals surface area contributed by atoms with Crippen molar-refractivity contribution in [1.29, 1.82) is 0 Å². The van der Waals surface area contributed by atoms with Crippen LogP contribution in [0.15, 0.2) is 218 Å². The monoisotopic (exact) mass is 756 g/mol. The quantitative estimate of drug-likeness (QED) is 0.164. The average Bonchev–Trinajstić information content (AvgIpc) is 3.93. The molecule has 12 rings (SSSR count). The number of thiophene rings is 1. The summed E-state index contributed by atoms with van der Waals surface area (Å²) in [6.07, 6.45) is 0. The first-order valence-corrected chi connectivity index (χ1v) is 20.7. The van der Waals surface area contributed by atoms with Gasteiger partial charge < -0.3 is 9.47 Å². The summed E-state index contributed by atoms with van der Waals surface area (Å²) >= 11 is 1.87. The van der Waals surface area contributed by atoms with Gasteiger partial charge >= 0.3 is 0 Å². The lowest BCUT2D eigenvalue weighted by atomic mass is 9.67. The molecule has 0 N–H and O–H groups in total. The minimum absolute atomic E-state index is 0.476. The second-order valence-corrected chi connectivity index (χ2v) is 16.3. The Morgan fingerprint density at radius 2 is 0.879 bits per heavy atom. The van der Waals surface area contributed by atoms with Crippen LogP contribution in [0.1, 0.15) is 22.3 Å². The van der Waals surface area contributed by atoms with Crippen LogP contribution in [0.3, 0.4) is 0 Å². The Balaban J connectivity index is 1.04. The number of benzene rings is 9. The topological polar surface area (TPSA) is 8.17 Å². The number of hydrogen-bond acceptors (Lipinski definition) is 2. The Morgan fingerprint density at radius 1 is 0.362 bits per heavy atom. The molecule has 3 heteroatoms. The van der Waals surface area contributed by atoms with Crippen LogP contribution in [0.5, 0.6) is 0 Å². The van der Waals surface area contributed by atoms with E-state index in [1.165, 1.54) is 81.0 Å². The van der Waals surface area contributed by atoms with Crippen LogP contribution >= 0.6 is 11.3 Å². The first-order valence-electron chi connectivity index (χ1n) is 19.9. The van der Waals surface area contributed by atoms with E-state index in [0.29, 0.717) is 0 Å². The molecule has 9 aromatic carbocycles. The maximum atomic E-state index is 2.45. The summed E-state index contributed by atoms with van der Waals surface area (Å²) in [4.78, 5) is 2.43. The van der Waals surface area contributed by atoms with Crippen LogP contribution in [0, 0.1) is 0 Å². The van der Waals surface area contributed by atoms with Gasteiger partial charge in [0.15, 0.2) is 0 Å². The molecule has 2 heterocycles. The lowest BCUT2D eigenvalue weighted by Gasteiger charge is -2.35. The van der Waals surface area contributed by atoms with Gasteiger partial charge in [-0.1, -0.05) is 158 Å². The highest BCUT2D eigenvalue weighted by atomic mass is 32.1. The minimum Gasteiger partial charge on any atom is -0.310 e. The van der Waals surface area contributed by atoms with Gasteiger partial charge in [-0.15, -0.1) is 11.3 Å². The zero-order valence-corrected chi connectivity index (χ0v) is 32.4. The molecule has 2 nitrogen and oxygen atoms in total. The third-order valence-corrected chi connectivity index (χ3v) is 13.4. The van der Waals surface area contributed by atoms with E-state index in [2.05, 4.69) is 228 Å². The maximum Gasteiger partial charge on any atom is 0.0714 e. The van der Waals surface area contributed by atoms with Crippen molar-refractivity contribution in [2.75, 3.05) is 4.90 Å². The molecule has 272 valence electrons. The molecule has 58 heavy (non-hydrogen) atoms. The number of para-hydroxylation sites is 3. The molecule has 0 atom stereocenters. The van der Waals surface area contributed by atoms with Crippen LogP contribution in [-0.2, 0) is 5.41 Å². The largest absolute Gasteiger partial charge is 0.310 e. The summed E-state index contributed by atoms with van der Waals surface area (Å²) in [7, 11) is 0. The summed E-state index contributed by atoms with van der Waals surface area (Å²) in [5, 5.41) is 5.12. The summed E-state index contributed by atoms with van der Waals surface area (Å²) < 4.78 is 4.96. The Kier molecular flexibility index (Phi) is 7.35. The van der Waals surface area contributed by atoms with E-state index in [1.807, 2.05) is 11.3 Å². The van der Waals surface area contributed by atoms with Crippen molar-refractivity contribution in [1.82, 2.24) is 4.57 Å². The van der Waals surface area contributed by atoms with E-state index in [-0.39, 0.29) is 0 Å². The predicted molar refractivity (Wildman–Crippen MR) is 246 cm³/mol. The van der Waals surface area contributed by atoms with Gasteiger partial charge in [-0.2, -0.15) is 0 Å². The molecule has 0 radical (unpaired) electrons. The molecule has 1 aliphatic carbocycles. The number of aromatic nitrogens is 1. The SMILES string of the molecule is c1ccc(N(c2ccc3c(c2)C(c2ccccc2)(c2ccccc2)c2ccccc2-3)c2ccc3c(c2)sc2cc(-n4c5ccccc5c5ccccc54)ccc23)cc1. The maximum absolute atomic E-state index is 2.45. The summed E-state index contributed by atoms with van der Waals surface area (Å²) in [6.45, 7) is 0. The normalized spacial score (nSPS) is 13.0. The van der Waals surface area contributed by atoms with E-state index in [9.17, 15) is 0 Å². The van der Waals surface area contributed by atoms with Crippen LogP contribution in [0.2, 0.25) is 0 Å². The highest BCUT2D eigenvalue weighted by molar-refractivity contribution is 7.25. The Hall–Kier alpha value is -7.20. The van der Waals surface area contributed by atoms with Crippen molar-refractivity contribution >= 4 is 70.4 Å². The van der Waals surface area contributed by atoms with Crippen LogP contribution < -0.4 is 4.90 Å². The van der Waals surface area contributed by atoms with Gasteiger partial charge in [0.2, 0.25) is 0 Å². The van der Waals surface area contributed by atoms with Gasteiger partial charge in [0.25, 0.3) is 0 Å². The molecule has 2 aromatic heterocycles. The van der Waals surface area contributed by atoms with E-state index in [0.717, 1.165) is 17.1 Å². The number of anilines is 3. The van der Waals surface area contributed by atoms with Gasteiger partial charge in [-0.05, 0) is 94.0 Å². The molecule has 1 aliphatic rings. The molecule has 0 saturated carbocycles. The Labute approximate surface area is 341 Å². The van der Waals surface area contributed by atoms with Gasteiger partial charge in [0.1, 0.15) is 0 Å². The molecule has 0 amide bonds. The lowest BCUT2D eigenvalue weighted by Crippen LogP contribution is -2.28. The molecule has 0 spiro atoms. The lowest BCUT2D eigenvalue weighted by molar-refractivity contribution is 0.768. The molecule has 0 saturated heterocycles. The standard InChI is InChI=1S/C55H36N2S/c1-4-16-37(17-5-1)55(38-18-6-2-7-19-38)49-25-13-10-22-43(49)44-31-28-40(34-50(44)55)56(39-20-8-3-9-21-39)41-29-32-47-48-33-30-42(36-54(48)58-53(47)35-41)57-51-26-14-11-23-45(51)46-24-12-15-27-52(46)57/h1-36H. The van der Waals surface area contributed by atoms with Gasteiger partial charge in [-0.3, -0.25) is 0 Å². The van der Waals surface area contributed by atoms with E-state index >= 15 is 0 Å². The molecule has 11 aromatic rings. The molecular weight excluding hydrogens is 721 g/mol. The van der Waals surface area contributed by atoms with Crippen LogP contribution in [0.25, 0.3) is 58.8 Å². The molecule has 0 fully saturated rings. The summed E-state index contributed by atoms with van der Waals surface area (Å²) in [5.41, 5.74) is 14.3. The number of nitrogens with zero attached hydrogens (tertiary/aromatic N) is 2. The second kappa shape index (κ2) is 12.9. The van der Waals surface area contributed by atoms with Crippen molar-refractivity contribution in [3.63, 3.8) is 0 Å². The van der Waals surface area contributed by atoms with Crippen LogP contribution in [-0.4, -0.2) is 4.57 Å². The smallest absolute Gasteiger partial charge is 0.0714 e. The Bertz CT molecular complexity index is 3250. The van der Waals surface area contributed by atoms with Gasteiger partial charge in [0.05, 0.1) is 16.4 Å². The number of hydrogen-bond donors (Lipinski definition) is 0.